The molecule has 10 heteroatoms. The monoisotopic (exact) mass is 397 g/mol. The SMILES string of the molecule is CCOC(=O)c1cnn(C2=CC=CN3C(=C=O)C=CC(Cl)=C23)c1C(F)(F)F. The molecule has 27 heavy (non-hydrogen) atoms. The largest absolute Gasteiger partial charge is 0.462 e. The van der Waals surface area contributed by atoms with E-state index >= 15 is 0 Å². The Morgan fingerprint density at radius 2 is 2.11 bits per heavy atom. The summed E-state index contributed by atoms with van der Waals surface area (Å²) >= 11 is 6.16. The molecule has 0 saturated carbocycles. The molecule has 2 aliphatic heterocycles. The molecule has 140 valence electrons. The van der Waals surface area contributed by atoms with Gasteiger partial charge in [0.2, 0.25) is 0 Å². The van der Waals surface area contributed by atoms with Gasteiger partial charge in [-0.05, 0) is 31.2 Å². The minimum atomic E-state index is -4.90. The topological polar surface area (TPSA) is 64.4 Å². The first kappa shape index (κ1) is 18.8. The number of rotatable bonds is 3. The van der Waals surface area contributed by atoms with Crippen LogP contribution in [0.4, 0.5) is 13.2 Å². The molecule has 1 aromatic heterocycles. The molecule has 3 rings (SSSR count). The fraction of sp³-hybridized carbons (Fsp3) is 0.176. The molecule has 0 bridgehead atoms. The molecule has 0 saturated heterocycles. The molecular formula is C17H11ClF3N3O3. The van der Waals surface area contributed by atoms with Crippen LogP contribution in [0.1, 0.15) is 23.0 Å². The molecule has 0 spiro atoms. The maximum atomic E-state index is 13.7. The summed E-state index contributed by atoms with van der Waals surface area (Å²) in [6.07, 6.45) is 2.85. The number of aromatic nitrogens is 2. The van der Waals surface area contributed by atoms with E-state index in [0.29, 0.717) is 4.68 Å². The van der Waals surface area contributed by atoms with E-state index in [-0.39, 0.29) is 28.7 Å². The van der Waals surface area contributed by atoms with Gasteiger partial charge in [-0.2, -0.15) is 18.3 Å². The number of hydrogen-bond donors (Lipinski definition) is 0. The highest BCUT2D eigenvalue weighted by molar-refractivity contribution is 6.32. The molecular weight excluding hydrogens is 387 g/mol. The zero-order valence-corrected chi connectivity index (χ0v) is 14.5. The number of nitrogens with zero attached hydrogens (tertiary/aromatic N) is 3. The van der Waals surface area contributed by atoms with Crippen LogP contribution in [0.15, 0.2) is 53.1 Å². The Bertz CT molecular complexity index is 979. The van der Waals surface area contributed by atoms with Crippen molar-refractivity contribution in [1.82, 2.24) is 14.7 Å². The van der Waals surface area contributed by atoms with Gasteiger partial charge in [-0.25, -0.2) is 14.3 Å². The van der Waals surface area contributed by atoms with Crippen LogP contribution < -0.4 is 0 Å². The van der Waals surface area contributed by atoms with Gasteiger partial charge in [0.15, 0.2) is 11.6 Å². The maximum Gasteiger partial charge on any atom is 0.434 e. The summed E-state index contributed by atoms with van der Waals surface area (Å²) in [6.45, 7) is 1.39. The minimum absolute atomic E-state index is 0.0579. The Labute approximate surface area is 156 Å². The average Bonchev–Trinajstić information content (AvgIpc) is 3.07. The van der Waals surface area contributed by atoms with Gasteiger partial charge in [0.25, 0.3) is 0 Å². The second-order valence-corrected chi connectivity index (χ2v) is 5.72. The lowest BCUT2D eigenvalue weighted by atomic mass is 10.1. The Hall–Kier alpha value is -3.03. The standard InChI is InChI=1S/C17H11ClF3N3O3/c1-2-27-16(26)11-8-22-24(15(11)17(19,20)21)13-4-3-7-23-10(9-25)5-6-12(18)14(13)23/h3-8H,2H2,1H3. The van der Waals surface area contributed by atoms with Crippen molar-refractivity contribution < 1.29 is 27.5 Å². The van der Waals surface area contributed by atoms with Gasteiger partial charge in [-0.1, -0.05) is 11.6 Å². The zero-order chi connectivity index (χ0) is 19.8. The van der Waals surface area contributed by atoms with E-state index in [0.717, 1.165) is 6.20 Å². The van der Waals surface area contributed by atoms with Crippen LogP contribution in [0.2, 0.25) is 0 Å². The number of halogens is 4. The number of fused-ring (bicyclic) bond motifs is 1. The molecule has 0 N–H and O–H groups in total. The quantitative estimate of drug-likeness (QED) is 0.577. The van der Waals surface area contributed by atoms with Crippen LogP contribution in [-0.2, 0) is 15.7 Å². The highest BCUT2D eigenvalue weighted by atomic mass is 35.5. The van der Waals surface area contributed by atoms with Crippen molar-refractivity contribution in [3.8, 4) is 0 Å². The van der Waals surface area contributed by atoms with Gasteiger partial charge in [0.05, 0.1) is 29.2 Å². The first-order valence-corrected chi connectivity index (χ1v) is 8.01. The second-order valence-electron chi connectivity index (χ2n) is 5.32. The van der Waals surface area contributed by atoms with E-state index in [1.54, 1.807) is 5.94 Å². The van der Waals surface area contributed by atoms with Crippen LogP contribution in [0.25, 0.3) is 5.70 Å². The Morgan fingerprint density at radius 1 is 1.37 bits per heavy atom. The fourth-order valence-corrected chi connectivity index (χ4v) is 2.91. The summed E-state index contributed by atoms with van der Waals surface area (Å²) in [4.78, 5) is 24.3. The van der Waals surface area contributed by atoms with E-state index < -0.39 is 23.4 Å². The Kier molecular flexibility index (Phi) is 4.82. The predicted octanol–water partition coefficient (Wildman–Crippen LogP) is 3.48. The summed E-state index contributed by atoms with van der Waals surface area (Å²) in [7, 11) is 0. The molecule has 0 amide bonds. The van der Waals surface area contributed by atoms with Crippen molar-refractivity contribution in [2.75, 3.05) is 6.61 Å². The van der Waals surface area contributed by atoms with Crippen LogP contribution in [0, 0.1) is 0 Å². The first-order chi connectivity index (χ1) is 12.8. The highest BCUT2D eigenvalue weighted by Gasteiger charge is 2.42. The molecule has 0 unspecified atom stereocenters. The van der Waals surface area contributed by atoms with Crippen molar-refractivity contribution in [3.05, 3.63) is 64.4 Å². The van der Waals surface area contributed by atoms with Gasteiger partial charge in [-0.15, -0.1) is 0 Å². The van der Waals surface area contributed by atoms with Crippen molar-refractivity contribution in [3.63, 3.8) is 0 Å². The Morgan fingerprint density at radius 3 is 2.74 bits per heavy atom. The number of hydrogen-bond acceptors (Lipinski definition) is 5. The number of esters is 1. The fourth-order valence-electron chi connectivity index (χ4n) is 2.66. The first-order valence-electron chi connectivity index (χ1n) is 7.63. The molecule has 0 atom stereocenters. The third kappa shape index (κ3) is 3.22. The smallest absolute Gasteiger partial charge is 0.434 e. The lowest BCUT2D eigenvalue weighted by Crippen LogP contribution is -2.27. The summed E-state index contributed by atoms with van der Waals surface area (Å²) in [5, 5.41) is 3.82. The lowest BCUT2D eigenvalue weighted by molar-refractivity contribution is -0.143. The summed E-state index contributed by atoms with van der Waals surface area (Å²) in [6, 6.07) is 0. The van der Waals surface area contributed by atoms with Crippen molar-refractivity contribution in [1.29, 1.82) is 0 Å². The van der Waals surface area contributed by atoms with E-state index in [1.807, 2.05) is 0 Å². The molecule has 0 aliphatic carbocycles. The third-order valence-electron chi connectivity index (χ3n) is 3.71. The maximum absolute atomic E-state index is 13.7. The summed E-state index contributed by atoms with van der Waals surface area (Å²) < 4.78 is 46.4. The van der Waals surface area contributed by atoms with Crippen molar-refractivity contribution in [2.24, 2.45) is 0 Å². The van der Waals surface area contributed by atoms with E-state index in [1.165, 1.54) is 42.3 Å². The summed E-state index contributed by atoms with van der Waals surface area (Å²) in [5.41, 5.74) is -1.93. The number of allylic oxidation sites excluding steroid dienone is 6. The number of alkyl halides is 3. The van der Waals surface area contributed by atoms with Crippen molar-refractivity contribution in [2.45, 2.75) is 13.1 Å². The molecule has 0 aromatic carbocycles. The van der Waals surface area contributed by atoms with Crippen LogP contribution in [-0.4, -0.2) is 33.2 Å². The molecule has 2 aliphatic rings. The average molecular weight is 398 g/mol. The van der Waals surface area contributed by atoms with Crippen LogP contribution >= 0.6 is 11.6 Å². The van der Waals surface area contributed by atoms with Gasteiger partial charge in [0.1, 0.15) is 11.3 Å². The molecule has 3 heterocycles. The van der Waals surface area contributed by atoms with E-state index in [9.17, 15) is 22.8 Å². The third-order valence-corrected chi connectivity index (χ3v) is 4.02. The Balaban J connectivity index is 2.21. The van der Waals surface area contributed by atoms with Crippen molar-refractivity contribution >= 4 is 29.2 Å². The minimum Gasteiger partial charge on any atom is -0.462 e. The normalized spacial score (nSPS) is 16.3. The van der Waals surface area contributed by atoms with E-state index in [4.69, 9.17) is 11.6 Å². The predicted molar refractivity (Wildman–Crippen MR) is 89.7 cm³/mol. The molecule has 0 radical (unpaired) electrons. The number of carbonyl (C=O) groups is 1. The number of carbonyl (C=O) groups excluding carboxylic acids is 2. The second kappa shape index (κ2) is 6.94. The highest BCUT2D eigenvalue weighted by Crippen LogP contribution is 2.40. The zero-order valence-electron chi connectivity index (χ0n) is 13.7. The molecule has 0 fully saturated rings. The molecule has 1 aromatic rings. The van der Waals surface area contributed by atoms with Gasteiger partial charge >= 0.3 is 12.1 Å². The lowest BCUT2D eigenvalue weighted by Gasteiger charge is -2.30. The van der Waals surface area contributed by atoms with Gasteiger partial charge < -0.3 is 9.64 Å². The van der Waals surface area contributed by atoms with Crippen LogP contribution in [0.5, 0.6) is 0 Å². The number of ether oxygens (including phenoxy) is 1. The summed E-state index contributed by atoms with van der Waals surface area (Å²) in [5.74, 6) is 0.548. The van der Waals surface area contributed by atoms with Crippen LogP contribution in [0.3, 0.4) is 0 Å². The van der Waals surface area contributed by atoms with Gasteiger partial charge in [0, 0.05) is 6.20 Å². The molecule has 6 nitrogen and oxygen atoms in total. The van der Waals surface area contributed by atoms with E-state index in [2.05, 4.69) is 9.84 Å². The van der Waals surface area contributed by atoms with Gasteiger partial charge in [-0.3, -0.25) is 0 Å².